The van der Waals surface area contributed by atoms with Crippen LogP contribution in [0.3, 0.4) is 0 Å². The number of fused-ring (bicyclic) bond motifs is 7. The summed E-state index contributed by atoms with van der Waals surface area (Å²) in [5.74, 6) is 0.616. The Bertz CT molecular complexity index is 2660. The van der Waals surface area contributed by atoms with E-state index in [0.717, 1.165) is 66.6 Å². The van der Waals surface area contributed by atoms with E-state index in [0.29, 0.717) is 5.95 Å². The van der Waals surface area contributed by atoms with Gasteiger partial charge in [0.1, 0.15) is 11.2 Å². The molecule has 9 rings (SSSR count). The highest BCUT2D eigenvalue weighted by Gasteiger charge is 2.36. The zero-order valence-electron chi connectivity index (χ0n) is 28.3. The number of hydrogen-bond donors (Lipinski definition) is 0. The third kappa shape index (κ3) is 4.60. The van der Waals surface area contributed by atoms with Crippen molar-refractivity contribution in [3.8, 4) is 22.4 Å². The number of nitrogens with zero attached hydrogens (tertiary/aromatic N) is 3. The summed E-state index contributed by atoms with van der Waals surface area (Å²) in [6, 6.07) is 44.9. The Labute approximate surface area is 291 Å². The molecule has 0 radical (unpaired) electrons. The summed E-state index contributed by atoms with van der Waals surface area (Å²) in [7, 11) is 0. The van der Waals surface area contributed by atoms with Crippen LogP contribution in [0.15, 0.2) is 151 Å². The van der Waals surface area contributed by atoms with Crippen molar-refractivity contribution in [2.45, 2.75) is 26.2 Å². The zero-order chi connectivity index (χ0) is 34.0. The second kappa shape index (κ2) is 11.4. The number of allylic oxidation sites excluding steroid dienone is 2. The normalized spacial score (nSPS) is 13.3. The fraction of sp³-hybridized carbons (Fsp3) is 0.0870. The summed E-state index contributed by atoms with van der Waals surface area (Å²) in [5, 5.41) is 3.14. The number of anilines is 3. The lowest BCUT2D eigenvalue weighted by Gasteiger charge is -2.27. The highest BCUT2D eigenvalue weighted by Crippen LogP contribution is 2.50. The van der Waals surface area contributed by atoms with Crippen molar-refractivity contribution < 1.29 is 4.42 Å². The predicted octanol–water partition coefficient (Wildman–Crippen LogP) is 12.5. The van der Waals surface area contributed by atoms with Crippen molar-refractivity contribution in [1.82, 2.24) is 9.97 Å². The van der Waals surface area contributed by atoms with E-state index in [9.17, 15) is 0 Å². The molecular formula is C46H35N3O. The maximum atomic E-state index is 6.44. The molecule has 0 spiro atoms. The molecule has 6 aromatic carbocycles. The van der Waals surface area contributed by atoms with Crippen LogP contribution < -0.4 is 4.90 Å². The molecule has 4 nitrogen and oxygen atoms in total. The van der Waals surface area contributed by atoms with Gasteiger partial charge in [-0.05, 0) is 94.9 Å². The van der Waals surface area contributed by atoms with Crippen LogP contribution in [-0.4, -0.2) is 9.97 Å². The Morgan fingerprint density at radius 2 is 1.46 bits per heavy atom. The van der Waals surface area contributed by atoms with E-state index in [-0.39, 0.29) is 5.41 Å². The first kappa shape index (κ1) is 29.8. The molecule has 0 aliphatic heterocycles. The van der Waals surface area contributed by atoms with Crippen molar-refractivity contribution in [3.05, 3.63) is 168 Å². The van der Waals surface area contributed by atoms with E-state index in [2.05, 4.69) is 154 Å². The van der Waals surface area contributed by atoms with Crippen LogP contribution in [0.5, 0.6) is 0 Å². The van der Waals surface area contributed by atoms with E-state index < -0.39 is 0 Å². The Morgan fingerprint density at radius 3 is 2.32 bits per heavy atom. The molecule has 50 heavy (non-hydrogen) atoms. The first-order valence-electron chi connectivity index (χ1n) is 17.0. The van der Waals surface area contributed by atoms with Gasteiger partial charge in [0.15, 0.2) is 0 Å². The van der Waals surface area contributed by atoms with Crippen LogP contribution in [0.2, 0.25) is 0 Å². The number of aryl methyl sites for hydroxylation is 1. The van der Waals surface area contributed by atoms with E-state index in [1.165, 1.54) is 22.3 Å². The average Bonchev–Trinajstić information content (AvgIpc) is 3.63. The third-order valence-corrected chi connectivity index (χ3v) is 10.2. The number of benzene rings is 6. The maximum Gasteiger partial charge on any atom is 0.235 e. The molecular weight excluding hydrogens is 611 g/mol. The largest absolute Gasteiger partial charge is 0.456 e. The molecule has 0 atom stereocenters. The lowest BCUT2D eigenvalue weighted by Crippen LogP contribution is -2.17. The molecule has 8 aromatic rings. The minimum absolute atomic E-state index is 0.135. The number of aromatic nitrogens is 2. The topological polar surface area (TPSA) is 42.2 Å². The molecule has 0 amide bonds. The van der Waals surface area contributed by atoms with E-state index in [1.807, 2.05) is 18.2 Å². The SMILES string of the molecule is C=C/C=C\c1ccc2c(oc3ccc(-c4nc(N(c5ccccc5)c5ccc6c(c5)C(C)(C)c5ccccc5-6)nc5ccccc45)cc32)c1C. The van der Waals surface area contributed by atoms with E-state index in [1.54, 1.807) is 6.08 Å². The molecule has 1 aliphatic rings. The fourth-order valence-corrected chi connectivity index (χ4v) is 7.66. The van der Waals surface area contributed by atoms with Gasteiger partial charge in [0, 0.05) is 38.5 Å². The molecule has 1 aliphatic carbocycles. The number of rotatable bonds is 6. The van der Waals surface area contributed by atoms with Gasteiger partial charge in [0.25, 0.3) is 0 Å². The van der Waals surface area contributed by atoms with Crippen molar-refractivity contribution in [2.24, 2.45) is 0 Å². The molecule has 0 fully saturated rings. The monoisotopic (exact) mass is 645 g/mol. The third-order valence-electron chi connectivity index (χ3n) is 10.2. The van der Waals surface area contributed by atoms with Gasteiger partial charge in [-0.3, -0.25) is 4.90 Å². The van der Waals surface area contributed by atoms with Crippen LogP contribution in [0, 0.1) is 6.92 Å². The fourth-order valence-electron chi connectivity index (χ4n) is 7.66. The summed E-state index contributed by atoms with van der Waals surface area (Å²) >= 11 is 0. The van der Waals surface area contributed by atoms with Crippen molar-refractivity contribution in [1.29, 1.82) is 0 Å². The summed E-state index contributed by atoms with van der Waals surface area (Å²) in [6.07, 6.45) is 5.81. The summed E-state index contributed by atoms with van der Waals surface area (Å²) in [5.41, 5.74) is 13.8. The Kier molecular flexibility index (Phi) is 6.82. The van der Waals surface area contributed by atoms with Crippen LogP contribution in [0.1, 0.15) is 36.1 Å². The summed E-state index contributed by atoms with van der Waals surface area (Å²) < 4.78 is 6.44. The van der Waals surface area contributed by atoms with E-state index in [4.69, 9.17) is 14.4 Å². The van der Waals surface area contributed by atoms with Gasteiger partial charge >= 0.3 is 0 Å². The number of para-hydroxylation sites is 2. The molecule has 2 aromatic heterocycles. The van der Waals surface area contributed by atoms with Gasteiger partial charge in [0.2, 0.25) is 5.95 Å². The molecule has 0 saturated heterocycles. The maximum absolute atomic E-state index is 6.44. The Morgan fingerprint density at radius 1 is 0.680 bits per heavy atom. The van der Waals surface area contributed by atoms with Gasteiger partial charge in [-0.15, -0.1) is 0 Å². The summed E-state index contributed by atoms with van der Waals surface area (Å²) in [4.78, 5) is 12.8. The van der Waals surface area contributed by atoms with Crippen molar-refractivity contribution in [3.63, 3.8) is 0 Å². The minimum Gasteiger partial charge on any atom is -0.456 e. The quantitative estimate of drug-likeness (QED) is 0.169. The first-order chi connectivity index (χ1) is 24.4. The van der Waals surface area contributed by atoms with Crippen molar-refractivity contribution in [2.75, 3.05) is 4.90 Å². The summed E-state index contributed by atoms with van der Waals surface area (Å²) in [6.45, 7) is 10.6. The second-order valence-electron chi connectivity index (χ2n) is 13.5. The number of furan rings is 1. The molecule has 0 unspecified atom stereocenters. The highest BCUT2D eigenvalue weighted by atomic mass is 16.3. The standard InChI is InChI=1S/C46H35N3O/c1-5-6-14-30-21-24-36-38-27-31(22-26-42(38)50-44(36)29(30)2)43-37-18-11-13-20-41(37)47-45(48-43)49(32-15-8-7-9-16-32)33-23-25-35-34-17-10-12-19-39(34)46(3,4)40(35)28-33/h5-28H,1H2,2-4H3/b14-6-. The van der Waals surface area contributed by atoms with Crippen molar-refractivity contribution >= 4 is 56.2 Å². The van der Waals surface area contributed by atoms with Crippen LogP contribution in [0.4, 0.5) is 17.3 Å². The smallest absolute Gasteiger partial charge is 0.235 e. The van der Waals surface area contributed by atoms with Gasteiger partial charge in [0.05, 0.1) is 11.2 Å². The molecule has 4 heteroatoms. The molecule has 0 saturated carbocycles. The van der Waals surface area contributed by atoms with Gasteiger partial charge in [-0.1, -0.05) is 111 Å². The van der Waals surface area contributed by atoms with Crippen LogP contribution >= 0.6 is 0 Å². The first-order valence-corrected chi connectivity index (χ1v) is 17.0. The van der Waals surface area contributed by atoms with Gasteiger partial charge in [-0.25, -0.2) is 9.97 Å². The predicted molar refractivity (Wildman–Crippen MR) is 208 cm³/mol. The molecule has 2 heterocycles. The second-order valence-corrected chi connectivity index (χ2v) is 13.5. The molecule has 0 N–H and O–H groups in total. The van der Waals surface area contributed by atoms with E-state index >= 15 is 0 Å². The van der Waals surface area contributed by atoms with Crippen LogP contribution in [-0.2, 0) is 5.41 Å². The Balaban J connectivity index is 1.24. The molecule has 0 bridgehead atoms. The molecule has 240 valence electrons. The Hall–Kier alpha value is -6.26. The minimum atomic E-state index is -0.135. The van der Waals surface area contributed by atoms with Gasteiger partial charge in [-0.2, -0.15) is 0 Å². The average molecular weight is 646 g/mol. The van der Waals surface area contributed by atoms with Crippen LogP contribution in [0.25, 0.3) is 61.3 Å². The lowest BCUT2D eigenvalue weighted by atomic mass is 9.82. The zero-order valence-corrected chi connectivity index (χ0v) is 28.3. The highest BCUT2D eigenvalue weighted by molar-refractivity contribution is 6.08. The lowest BCUT2D eigenvalue weighted by molar-refractivity contribution is 0.660. The number of hydrogen-bond acceptors (Lipinski definition) is 4. The van der Waals surface area contributed by atoms with Gasteiger partial charge < -0.3 is 4.42 Å².